The smallest absolute Gasteiger partial charge is 0.228 e. The van der Waals surface area contributed by atoms with E-state index in [4.69, 9.17) is 10.7 Å². The van der Waals surface area contributed by atoms with E-state index in [1.807, 2.05) is 0 Å². The van der Waals surface area contributed by atoms with Crippen LogP contribution in [0.1, 0.15) is 26.3 Å². The van der Waals surface area contributed by atoms with Crippen LogP contribution in [0.4, 0.5) is 0 Å². The molecular formula is C11H15ClO4S2. The van der Waals surface area contributed by atoms with Gasteiger partial charge in [-0.1, -0.05) is 12.1 Å². The fraction of sp³-hybridized carbons (Fsp3) is 0.455. The molecule has 7 heteroatoms. The molecule has 0 saturated heterocycles. The third-order valence-electron chi connectivity index (χ3n) is 2.47. The predicted octanol–water partition coefficient (Wildman–Crippen LogP) is 2.33. The first-order valence-electron chi connectivity index (χ1n) is 5.19. The summed E-state index contributed by atoms with van der Waals surface area (Å²) in [6, 6.07) is 5.65. The average molecular weight is 311 g/mol. The summed E-state index contributed by atoms with van der Waals surface area (Å²) in [4.78, 5) is -0.0919. The topological polar surface area (TPSA) is 68.3 Å². The minimum Gasteiger partial charge on any atom is -0.228 e. The SMILES string of the molecule is CC(C)(C)S(=O)(=O)Cc1cccc(S(=O)(=O)Cl)c1. The van der Waals surface area contributed by atoms with Crippen molar-refractivity contribution in [1.82, 2.24) is 0 Å². The van der Waals surface area contributed by atoms with Crippen molar-refractivity contribution in [3.05, 3.63) is 29.8 Å². The summed E-state index contributed by atoms with van der Waals surface area (Å²) in [6.07, 6.45) is 0. The second kappa shape index (κ2) is 4.83. The highest BCUT2D eigenvalue weighted by Crippen LogP contribution is 2.23. The normalized spacial score (nSPS) is 13.6. The van der Waals surface area contributed by atoms with E-state index in [0.717, 1.165) is 0 Å². The van der Waals surface area contributed by atoms with Crippen LogP contribution in [-0.4, -0.2) is 21.6 Å². The Kier molecular flexibility index (Phi) is 4.15. The number of rotatable bonds is 3. The van der Waals surface area contributed by atoms with Gasteiger partial charge in [-0.05, 0) is 38.5 Å². The molecule has 0 saturated carbocycles. The van der Waals surface area contributed by atoms with E-state index < -0.39 is 23.6 Å². The average Bonchev–Trinajstić information content (AvgIpc) is 2.14. The molecule has 0 atom stereocenters. The molecule has 1 rings (SSSR count). The molecule has 0 aliphatic heterocycles. The number of benzene rings is 1. The van der Waals surface area contributed by atoms with Gasteiger partial charge < -0.3 is 0 Å². The minimum absolute atomic E-state index is 0.0919. The van der Waals surface area contributed by atoms with Crippen molar-refractivity contribution in [1.29, 1.82) is 0 Å². The van der Waals surface area contributed by atoms with Gasteiger partial charge in [-0.2, -0.15) is 0 Å². The zero-order valence-electron chi connectivity index (χ0n) is 10.3. The van der Waals surface area contributed by atoms with Gasteiger partial charge >= 0.3 is 0 Å². The van der Waals surface area contributed by atoms with E-state index in [1.165, 1.54) is 18.2 Å². The van der Waals surface area contributed by atoms with E-state index in [9.17, 15) is 16.8 Å². The molecule has 0 aliphatic rings. The fourth-order valence-electron chi connectivity index (χ4n) is 1.22. The first-order valence-corrected chi connectivity index (χ1v) is 9.15. The molecule has 0 spiro atoms. The monoisotopic (exact) mass is 310 g/mol. The largest absolute Gasteiger partial charge is 0.261 e. The van der Waals surface area contributed by atoms with Gasteiger partial charge in [-0.15, -0.1) is 0 Å². The molecule has 4 nitrogen and oxygen atoms in total. The van der Waals surface area contributed by atoms with Gasteiger partial charge in [0.2, 0.25) is 0 Å². The number of halogens is 1. The van der Waals surface area contributed by atoms with Gasteiger partial charge in [0.15, 0.2) is 9.84 Å². The van der Waals surface area contributed by atoms with Crippen molar-refractivity contribution in [2.45, 2.75) is 36.2 Å². The van der Waals surface area contributed by atoms with Gasteiger partial charge in [-0.3, -0.25) is 0 Å². The van der Waals surface area contributed by atoms with E-state index in [-0.39, 0.29) is 10.6 Å². The first kappa shape index (κ1) is 15.5. The third-order valence-corrected chi connectivity index (χ3v) is 6.40. The van der Waals surface area contributed by atoms with Gasteiger partial charge in [0, 0.05) is 10.7 Å². The van der Waals surface area contributed by atoms with Crippen LogP contribution in [0.2, 0.25) is 0 Å². The van der Waals surface area contributed by atoms with E-state index >= 15 is 0 Å². The van der Waals surface area contributed by atoms with E-state index in [2.05, 4.69) is 0 Å². The van der Waals surface area contributed by atoms with Crippen LogP contribution in [0, 0.1) is 0 Å². The predicted molar refractivity (Wildman–Crippen MR) is 71.9 cm³/mol. The van der Waals surface area contributed by atoms with Gasteiger partial charge in [0.25, 0.3) is 9.05 Å². The molecule has 18 heavy (non-hydrogen) atoms. The molecule has 1 aromatic carbocycles. The molecule has 0 unspecified atom stereocenters. The maximum absolute atomic E-state index is 12.0. The Morgan fingerprint density at radius 2 is 1.67 bits per heavy atom. The minimum atomic E-state index is -3.84. The van der Waals surface area contributed by atoms with Crippen LogP contribution in [0.5, 0.6) is 0 Å². The molecule has 102 valence electrons. The quantitative estimate of drug-likeness (QED) is 0.804. The van der Waals surface area contributed by atoms with Crippen LogP contribution in [0.25, 0.3) is 0 Å². The summed E-state index contributed by atoms with van der Waals surface area (Å²) in [7, 11) is -1.98. The van der Waals surface area contributed by atoms with Gasteiger partial charge in [0.1, 0.15) is 0 Å². The Morgan fingerprint density at radius 1 is 1.11 bits per heavy atom. The highest BCUT2D eigenvalue weighted by molar-refractivity contribution is 8.13. The van der Waals surface area contributed by atoms with Crippen molar-refractivity contribution in [3.8, 4) is 0 Å². The lowest BCUT2D eigenvalue weighted by Crippen LogP contribution is -2.29. The molecule has 1 aromatic rings. The van der Waals surface area contributed by atoms with Crippen LogP contribution >= 0.6 is 10.7 Å². The van der Waals surface area contributed by atoms with Crippen LogP contribution in [0.3, 0.4) is 0 Å². The zero-order chi connectivity index (χ0) is 14.2. The summed E-state index contributed by atoms with van der Waals surface area (Å²) in [6.45, 7) is 4.80. The fourth-order valence-corrected chi connectivity index (χ4v) is 3.10. The summed E-state index contributed by atoms with van der Waals surface area (Å²) in [5.74, 6) is -0.212. The Morgan fingerprint density at radius 3 is 2.11 bits per heavy atom. The van der Waals surface area contributed by atoms with Gasteiger partial charge in [0.05, 0.1) is 15.4 Å². The van der Waals surface area contributed by atoms with E-state index in [0.29, 0.717) is 5.56 Å². The molecule has 0 bridgehead atoms. The highest BCUT2D eigenvalue weighted by atomic mass is 35.7. The third kappa shape index (κ3) is 3.70. The van der Waals surface area contributed by atoms with Crippen LogP contribution in [0.15, 0.2) is 29.2 Å². The van der Waals surface area contributed by atoms with Crippen molar-refractivity contribution in [3.63, 3.8) is 0 Å². The molecule has 0 aromatic heterocycles. The van der Waals surface area contributed by atoms with Crippen molar-refractivity contribution in [2.24, 2.45) is 0 Å². The number of sulfone groups is 1. The summed E-state index contributed by atoms with van der Waals surface area (Å²) in [5, 5.41) is 0. The van der Waals surface area contributed by atoms with Crippen molar-refractivity contribution >= 4 is 29.6 Å². The Hall–Kier alpha value is -0.590. The lowest BCUT2D eigenvalue weighted by Gasteiger charge is -2.19. The molecular weight excluding hydrogens is 296 g/mol. The Balaban J connectivity index is 3.16. The molecule has 0 fully saturated rings. The lowest BCUT2D eigenvalue weighted by molar-refractivity contribution is 0.559. The standard InChI is InChI=1S/C11H15ClO4S2/c1-11(2,3)17(13,14)8-9-5-4-6-10(7-9)18(12,15)16/h4-7H,8H2,1-3H3. The maximum Gasteiger partial charge on any atom is 0.261 e. The number of hydrogen-bond donors (Lipinski definition) is 0. The molecule has 0 radical (unpaired) electrons. The van der Waals surface area contributed by atoms with Crippen molar-refractivity contribution in [2.75, 3.05) is 0 Å². The van der Waals surface area contributed by atoms with E-state index in [1.54, 1.807) is 26.8 Å². The van der Waals surface area contributed by atoms with Crippen LogP contribution in [-0.2, 0) is 24.6 Å². The summed E-state index contributed by atoms with van der Waals surface area (Å²) in [5.41, 5.74) is 0.409. The lowest BCUT2D eigenvalue weighted by atomic mass is 10.2. The maximum atomic E-state index is 12.0. The van der Waals surface area contributed by atoms with Crippen LogP contribution < -0.4 is 0 Å². The van der Waals surface area contributed by atoms with Crippen molar-refractivity contribution < 1.29 is 16.8 Å². The zero-order valence-corrected chi connectivity index (χ0v) is 12.7. The molecule has 0 amide bonds. The molecule has 0 N–H and O–H groups in total. The summed E-state index contributed by atoms with van der Waals surface area (Å²) < 4.78 is 45.4. The Bertz CT molecular complexity index is 640. The second-order valence-electron chi connectivity index (χ2n) is 4.96. The highest BCUT2D eigenvalue weighted by Gasteiger charge is 2.29. The molecule has 0 aliphatic carbocycles. The summed E-state index contributed by atoms with van der Waals surface area (Å²) >= 11 is 0. The first-order chi connectivity index (χ1) is 7.93. The number of hydrogen-bond acceptors (Lipinski definition) is 4. The molecule has 0 heterocycles. The second-order valence-corrected chi connectivity index (χ2v) is 10.3. The Labute approximate surface area is 112 Å². The van der Waals surface area contributed by atoms with Gasteiger partial charge in [-0.25, -0.2) is 16.8 Å².